The molecule has 5 heterocycles. The Kier molecular flexibility index (Phi) is 4.69. The average molecular weight is 404 g/mol. The molecule has 10 heteroatoms. The van der Waals surface area contributed by atoms with Crippen LogP contribution in [0.4, 0.5) is 5.82 Å². The monoisotopic (exact) mass is 404 g/mol. The number of morpholine rings is 1. The maximum absolute atomic E-state index is 13.0. The van der Waals surface area contributed by atoms with Crippen molar-refractivity contribution in [3.05, 3.63) is 65.9 Å². The van der Waals surface area contributed by atoms with Crippen molar-refractivity contribution in [2.75, 3.05) is 25.1 Å². The summed E-state index contributed by atoms with van der Waals surface area (Å²) < 4.78 is 8.75. The van der Waals surface area contributed by atoms with E-state index in [2.05, 4.69) is 25.7 Å². The third-order valence-corrected chi connectivity index (χ3v) is 4.89. The zero-order valence-corrected chi connectivity index (χ0v) is 16.3. The highest BCUT2D eigenvalue weighted by Gasteiger charge is 2.23. The van der Waals surface area contributed by atoms with Crippen LogP contribution in [-0.4, -0.2) is 55.0 Å². The number of hydrogen-bond donors (Lipinski definition) is 2. The summed E-state index contributed by atoms with van der Waals surface area (Å²) in [5.41, 5.74) is 2.67. The fourth-order valence-corrected chi connectivity index (χ4v) is 3.35. The van der Waals surface area contributed by atoms with E-state index in [0.29, 0.717) is 36.1 Å². The third kappa shape index (κ3) is 3.42. The minimum atomic E-state index is -0.323. The Labute approximate surface area is 171 Å². The van der Waals surface area contributed by atoms with Crippen LogP contribution < -0.4 is 10.6 Å². The zero-order valence-electron chi connectivity index (χ0n) is 16.3. The van der Waals surface area contributed by atoms with Gasteiger partial charge in [0.1, 0.15) is 11.4 Å². The lowest BCUT2D eigenvalue weighted by atomic mass is 10.2. The Morgan fingerprint density at radius 3 is 3.03 bits per heavy atom. The van der Waals surface area contributed by atoms with Gasteiger partial charge in [0.25, 0.3) is 5.91 Å². The molecule has 4 aromatic heterocycles. The number of ether oxygens (including phenoxy) is 1. The first-order valence-electron chi connectivity index (χ1n) is 9.63. The topological polar surface area (TPSA) is 111 Å². The molecule has 0 radical (unpaired) electrons. The first kappa shape index (κ1) is 18.4. The zero-order chi connectivity index (χ0) is 20.5. The number of aryl methyl sites for hydroxylation is 1. The molecule has 0 bridgehead atoms. The van der Waals surface area contributed by atoms with Crippen molar-refractivity contribution >= 4 is 17.4 Å². The van der Waals surface area contributed by atoms with Crippen LogP contribution in [0.25, 0.3) is 11.5 Å². The van der Waals surface area contributed by atoms with E-state index in [4.69, 9.17) is 9.84 Å². The quantitative estimate of drug-likeness (QED) is 0.531. The molecule has 1 amide bonds. The van der Waals surface area contributed by atoms with Crippen molar-refractivity contribution < 1.29 is 9.53 Å². The van der Waals surface area contributed by atoms with E-state index in [1.165, 1.54) is 6.20 Å². The number of aromatic nitrogens is 6. The highest BCUT2D eigenvalue weighted by atomic mass is 16.5. The molecular weight excluding hydrogens is 384 g/mol. The van der Waals surface area contributed by atoms with Gasteiger partial charge in [-0.2, -0.15) is 14.9 Å². The van der Waals surface area contributed by atoms with Crippen LogP contribution in [0.1, 0.15) is 27.7 Å². The van der Waals surface area contributed by atoms with Crippen LogP contribution in [0, 0.1) is 6.92 Å². The number of nitrogens with one attached hydrogen (secondary N) is 2. The average Bonchev–Trinajstić information content (AvgIpc) is 3.39. The van der Waals surface area contributed by atoms with Crippen molar-refractivity contribution in [2.24, 2.45) is 0 Å². The van der Waals surface area contributed by atoms with Gasteiger partial charge in [0.15, 0.2) is 11.5 Å². The highest BCUT2D eigenvalue weighted by molar-refractivity contribution is 6.07. The first-order valence-corrected chi connectivity index (χ1v) is 9.63. The van der Waals surface area contributed by atoms with Gasteiger partial charge in [-0.3, -0.25) is 4.79 Å². The number of hydrogen-bond acceptors (Lipinski definition) is 7. The van der Waals surface area contributed by atoms with Crippen LogP contribution in [0.3, 0.4) is 0 Å². The van der Waals surface area contributed by atoms with Crippen molar-refractivity contribution in [3.8, 4) is 5.82 Å². The fraction of sp³-hybridized carbons (Fsp3) is 0.250. The summed E-state index contributed by atoms with van der Waals surface area (Å²) in [4.78, 5) is 21.7. The molecule has 5 rings (SSSR count). The molecule has 1 saturated heterocycles. The second kappa shape index (κ2) is 7.65. The van der Waals surface area contributed by atoms with Crippen LogP contribution in [-0.2, 0) is 4.74 Å². The molecule has 1 atom stereocenters. The van der Waals surface area contributed by atoms with Crippen LogP contribution in [0.2, 0.25) is 0 Å². The normalized spacial score (nSPS) is 16.6. The number of fused-ring (bicyclic) bond motifs is 1. The van der Waals surface area contributed by atoms with Crippen LogP contribution in [0.5, 0.6) is 0 Å². The van der Waals surface area contributed by atoms with Gasteiger partial charge in [0.2, 0.25) is 0 Å². The number of carbonyl (C=O) groups excluding carboxylic acids is 1. The standard InChI is InChI=1S/C20H20N8O2/c1-13-3-4-17(23-10-13)28-18(9-15(26-28)16-12-30-8-6-21-16)25-20(29)14-11-24-27-7-2-5-22-19(14)27/h2-5,7,9-11,16,21H,6,8,12H2,1H3,(H,25,29). The van der Waals surface area contributed by atoms with E-state index in [1.807, 2.05) is 25.1 Å². The summed E-state index contributed by atoms with van der Waals surface area (Å²) in [5.74, 6) is 0.794. The minimum absolute atomic E-state index is 0.0558. The van der Waals surface area contributed by atoms with Gasteiger partial charge in [0, 0.05) is 31.2 Å². The summed E-state index contributed by atoms with van der Waals surface area (Å²) in [6.07, 6.45) is 6.63. The van der Waals surface area contributed by atoms with Crippen molar-refractivity contribution in [1.29, 1.82) is 0 Å². The lowest BCUT2D eigenvalue weighted by Gasteiger charge is -2.21. The molecule has 0 aliphatic carbocycles. The molecule has 30 heavy (non-hydrogen) atoms. The molecule has 0 saturated carbocycles. The largest absolute Gasteiger partial charge is 0.378 e. The molecule has 1 aliphatic rings. The van der Waals surface area contributed by atoms with Gasteiger partial charge in [-0.15, -0.1) is 0 Å². The predicted molar refractivity (Wildman–Crippen MR) is 109 cm³/mol. The molecule has 1 fully saturated rings. The Bertz CT molecular complexity index is 1190. The van der Waals surface area contributed by atoms with E-state index in [-0.39, 0.29) is 11.9 Å². The number of amides is 1. The number of anilines is 1. The summed E-state index contributed by atoms with van der Waals surface area (Å²) in [6, 6.07) is 7.35. The third-order valence-electron chi connectivity index (χ3n) is 4.89. The smallest absolute Gasteiger partial charge is 0.262 e. The lowest BCUT2D eigenvalue weighted by molar-refractivity contribution is 0.0755. The summed E-state index contributed by atoms with van der Waals surface area (Å²) in [6.45, 7) is 3.90. The van der Waals surface area contributed by atoms with Crippen molar-refractivity contribution in [3.63, 3.8) is 0 Å². The number of carbonyl (C=O) groups is 1. The lowest BCUT2D eigenvalue weighted by Crippen LogP contribution is -2.34. The van der Waals surface area contributed by atoms with E-state index in [1.54, 1.807) is 33.9 Å². The molecule has 2 N–H and O–H groups in total. The second-order valence-corrected chi connectivity index (χ2v) is 7.04. The van der Waals surface area contributed by atoms with Crippen molar-refractivity contribution in [2.45, 2.75) is 13.0 Å². The molecule has 1 aliphatic heterocycles. The molecule has 1 unspecified atom stereocenters. The number of rotatable bonds is 4. The van der Waals surface area contributed by atoms with Gasteiger partial charge in [-0.05, 0) is 24.6 Å². The maximum Gasteiger partial charge on any atom is 0.262 e. The number of nitrogens with zero attached hydrogens (tertiary/aromatic N) is 6. The van der Waals surface area contributed by atoms with Crippen LogP contribution >= 0.6 is 0 Å². The summed E-state index contributed by atoms with van der Waals surface area (Å²) in [7, 11) is 0. The maximum atomic E-state index is 13.0. The Morgan fingerprint density at radius 2 is 2.23 bits per heavy atom. The first-order chi connectivity index (χ1) is 14.7. The molecule has 4 aromatic rings. The minimum Gasteiger partial charge on any atom is -0.378 e. The summed E-state index contributed by atoms with van der Waals surface area (Å²) in [5, 5.41) is 15.2. The van der Waals surface area contributed by atoms with E-state index < -0.39 is 0 Å². The van der Waals surface area contributed by atoms with E-state index in [9.17, 15) is 4.79 Å². The number of pyridine rings is 1. The molecule has 10 nitrogen and oxygen atoms in total. The highest BCUT2D eigenvalue weighted by Crippen LogP contribution is 2.23. The SMILES string of the molecule is Cc1ccc(-n2nc(C3COCCN3)cc2NC(=O)c2cnn3cccnc23)nc1. The van der Waals surface area contributed by atoms with Gasteiger partial charge < -0.3 is 15.4 Å². The second-order valence-electron chi connectivity index (χ2n) is 7.04. The van der Waals surface area contributed by atoms with E-state index in [0.717, 1.165) is 17.8 Å². The van der Waals surface area contributed by atoms with E-state index >= 15 is 0 Å². The predicted octanol–water partition coefficient (Wildman–Crippen LogP) is 1.53. The molecule has 0 spiro atoms. The molecular formula is C20H20N8O2. The van der Waals surface area contributed by atoms with Gasteiger partial charge in [-0.1, -0.05) is 6.07 Å². The molecule has 152 valence electrons. The Hall–Kier alpha value is -3.63. The molecule has 0 aromatic carbocycles. The van der Waals surface area contributed by atoms with Gasteiger partial charge in [-0.25, -0.2) is 14.5 Å². The summed E-state index contributed by atoms with van der Waals surface area (Å²) >= 11 is 0. The van der Waals surface area contributed by atoms with Gasteiger partial charge >= 0.3 is 0 Å². The van der Waals surface area contributed by atoms with Crippen LogP contribution in [0.15, 0.2) is 49.1 Å². The van der Waals surface area contributed by atoms with Gasteiger partial charge in [0.05, 0.1) is 31.1 Å². The fourth-order valence-electron chi connectivity index (χ4n) is 3.35. The Morgan fingerprint density at radius 1 is 1.30 bits per heavy atom. The van der Waals surface area contributed by atoms with Crippen molar-refractivity contribution in [1.82, 2.24) is 34.7 Å². The Balaban J connectivity index is 1.51.